The Morgan fingerprint density at radius 2 is 2.05 bits per heavy atom. The molecule has 3 aliphatic rings. The molecule has 1 saturated heterocycles. The summed E-state index contributed by atoms with van der Waals surface area (Å²) in [6, 6.07) is 2.89. The molecule has 1 aromatic heterocycles. The van der Waals surface area contributed by atoms with Gasteiger partial charge in [-0.25, -0.2) is 0 Å². The quantitative estimate of drug-likeness (QED) is 0.905. The minimum absolute atomic E-state index is 0.225. The van der Waals surface area contributed by atoms with Crippen LogP contribution in [0.4, 0.5) is 0 Å². The van der Waals surface area contributed by atoms with E-state index in [-0.39, 0.29) is 5.60 Å². The first-order chi connectivity index (χ1) is 10.3. The van der Waals surface area contributed by atoms with Crippen molar-refractivity contribution in [2.75, 3.05) is 0 Å². The van der Waals surface area contributed by atoms with Crippen LogP contribution in [0.3, 0.4) is 0 Å². The molecule has 4 nitrogen and oxygen atoms in total. The summed E-state index contributed by atoms with van der Waals surface area (Å²) < 4.78 is 8.63. The van der Waals surface area contributed by atoms with Gasteiger partial charge in [0.05, 0.1) is 23.9 Å². The number of hydrogen-bond acceptors (Lipinski definition) is 3. The molecule has 0 bridgehead atoms. The molecule has 0 aromatic carbocycles. The Bertz CT molecular complexity index is 474. The van der Waals surface area contributed by atoms with Crippen LogP contribution in [-0.4, -0.2) is 27.5 Å². The number of rotatable bonds is 5. The van der Waals surface area contributed by atoms with Gasteiger partial charge in [-0.15, -0.1) is 0 Å². The topological polar surface area (TPSA) is 39.1 Å². The van der Waals surface area contributed by atoms with E-state index in [0.717, 1.165) is 19.1 Å². The second-order valence-electron chi connectivity index (χ2n) is 7.18. The van der Waals surface area contributed by atoms with E-state index >= 15 is 0 Å². The van der Waals surface area contributed by atoms with Crippen LogP contribution in [0, 0.1) is 0 Å². The zero-order chi connectivity index (χ0) is 14.1. The van der Waals surface area contributed by atoms with E-state index in [1.54, 1.807) is 0 Å². The summed E-state index contributed by atoms with van der Waals surface area (Å²) in [7, 11) is 0. The molecule has 0 amide bonds. The van der Waals surface area contributed by atoms with Gasteiger partial charge in [-0.2, -0.15) is 5.10 Å². The van der Waals surface area contributed by atoms with Crippen molar-refractivity contribution >= 4 is 0 Å². The highest BCUT2D eigenvalue weighted by Gasteiger charge is 2.40. The van der Waals surface area contributed by atoms with Gasteiger partial charge >= 0.3 is 0 Å². The van der Waals surface area contributed by atoms with Crippen LogP contribution in [0.2, 0.25) is 0 Å². The first kappa shape index (κ1) is 13.8. The number of nitrogens with zero attached hydrogens (tertiary/aromatic N) is 2. The lowest BCUT2D eigenvalue weighted by molar-refractivity contribution is -0.0690. The van der Waals surface area contributed by atoms with E-state index in [4.69, 9.17) is 4.74 Å². The maximum absolute atomic E-state index is 6.47. The predicted octanol–water partition coefficient (Wildman–Crippen LogP) is 3.02. The van der Waals surface area contributed by atoms with Gasteiger partial charge in [-0.3, -0.25) is 4.68 Å². The molecule has 1 aromatic rings. The molecule has 1 aliphatic heterocycles. The average molecular weight is 289 g/mol. The minimum Gasteiger partial charge on any atom is -0.370 e. The first-order valence-electron chi connectivity index (χ1n) is 8.75. The van der Waals surface area contributed by atoms with Gasteiger partial charge in [0.1, 0.15) is 0 Å². The van der Waals surface area contributed by atoms with Crippen LogP contribution >= 0.6 is 0 Å². The number of aromatic nitrogens is 2. The van der Waals surface area contributed by atoms with Crippen molar-refractivity contribution in [1.29, 1.82) is 0 Å². The molecule has 0 radical (unpaired) electrons. The SMILES string of the molecule is c1cc(CNC2CC2)n(CC2CCC3(CCCCC3)O2)n1. The molecule has 116 valence electrons. The van der Waals surface area contributed by atoms with Gasteiger partial charge in [-0.1, -0.05) is 19.3 Å². The molecule has 2 saturated carbocycles. The van der Waals surface area contributed by atoms with E-state index in [9.17, 15) is 0 Å². The van der Waals surface area contributed by atoms with Gasteiger partial charge < -0.3 is 10.1 Å². The summed E-state index contributed by atoms with van der Waals surface area (Å²) in [4.78, 5) is 0. The Morgan fingerprint density at radius 3 is 2.86 bits per heavy atom. The molecule has 1 atom stereocenters. The van der Waals surface area contributed by atoms with E-state index in [1.165, 1.54) is 63.5 Å². The number of ether oxygens (including phenoxy) is 1. The van der Waals surface area contributed by atoms with Crippen molar-refractivity contribution in [2.24, 2.45) is 0 Å². The van der Waals surface area contributed by atoms with Crippen molar-refractivity contribution in [1.82, 2.24) is 15.1 Å². The molecule has 21 heavy (non-hydrogen) atoms. The summed E-state index contributed by atoms with van der Waals surface area (Å²) in [5.41, 5.74) is 1.53. The molecule has 1 spiro atoms. The van der Waals surface area contributed by atoms with Crippen LogP contribution in [0.1, 0.15) is 63.5 Å². The van der Waals surface area contributed by atoms with Gasteiger partial charge in [0.25, 0.3) is 0 Å². The monoisotopic (exact) mass is 289 g/mol. The fourth-order valence-corrected chi connectivity index (χ4v) is 3.99. The smallest absolute Gasteiger partial charge is 0.0779 e. The zero-order valence-corrected chi connectivity index (χ0v) is 12.9. The molecular formula is C17H27N3O. The lowest BCUT2D eigenvalue weighted by Crippen LogP contribution is -2.33. The molecule has 1 N–H and O–H groups in total. The Morgan fingerprint density at radius 1 is 1.19 bits per heavy atom. The third kappa shape index (κ3) is 3.16. The summed E-state index contributed by atoms with van der Waals surface area (Å²) in [6.45, 7) is 1.87. The summed E-state index contributed by atoms with van der Waals surface area (Å²) in [6.07, 6.45) is 14.1. The number of hydrogen-bond donors (Lipinski definition) is 1. The van der Waals surface area contributed by atoms with Crippen molar-refractivity contribution in [3.8, 4) is 0 Å². The largest absolute Gasteiger partial charge is 0.370 e. The Hall–Kier alpha value is -0.870. The second kappa shape index (κ2) is 5.73. The Balaban J connectivity index is 1.34. The third-order valence-electron chi connectivity index (χ3n) is 5.43. The fourth-order valence-electron chi connectivity index (χ4n) is 3.99. The fraction of sp³-hybridized carbons (Fsp3) is 0.824. The standard InChI is InChI=1S/C17H27N3O/c1-2-8-17(9-3-1)10-6-16(21-17)13-20-15(7-11-19-20)12-18-14-4-5-14/h7,11,14,16,18H,1-6,8-10,12-13H2. The van der Waals surface area contributed by atoms with Crippen LogP contribution in [-0.2, 0) is 17.8 Å². The van der Waals surface area contributed by atoms with Crippen LogP contribution in [0.5, 0.6) is 0 Å². The van der Waals surface area contributed by atoms with Gasteiger partial charge in [0.2, 0.25) is 0 Å². The average Bonchev–Trinajstić information content (AvgIpc) is 3.12. The van der Waals surface area contributed by atoms with Crippen molar-refractivity contribution < 1.29 is 4.74 Å². The van der Waals surface area contributed by atoms with E-state index in [0.29, 0.717) is 6.10 Å². The van der Waals surface area contributed by atoms with Crippen LogP contribution in [0.15, 0.2) is 12.3 Å². The van der Waals surface area contributed by atoms with Crippen molar-refractivity contribution in [2.45, 2.75) is 88.6 Å². The maximum Gasteiger partial charge on any atom is 0.0779 e. The van der Waals surface area contributed by atoms with E-state index < -0.39 is 0 Å². The first-order valence-corrected chi connectivity index (χ1v) is 8.75. The van der Waals surface area contributed by atoms with Crippen LogP contribution < -0.4 is 5.32 Å². The molecule has 2 aliphatic carbocycles. The highest BCUT2D eigenvalue weighted by atomic mass is 16.5. The third-order valence-corrected chi connectivity index (χ3v) is 5.43. The molecular weight excluding hydrogens is 262 g/mol. The van der Waals surface area contributed by atoms with E-state index in [1.807, 2.05) is 6.20 Å². The Labute approximate surface area is 127 Å². The molecule has 4 heteroatoms. The molecule has 4 rings (SSSR count). The lowest BCUT2D eigenvalue weighted by atomic mass is 9.83. The highest BCUT2D eigenvalue weighted by molar-refractivity contribution is 5.02. The second-order valence-corrected chi connectivity index (χ2v) is 7.18. The highest BCUT2D eigenvalue weighted by Crippen LogP contribution is 2.42. The number of nitrogens with one attached hydrogen (secondary N) is 1. The summed E-state index contributed by atoms with van der Waals surface area (Å²) in [5, 5.41) is 8.09. The van der Waals surface area contributed by atoms with Crippen molar-refractivity contribution in [3.63, 3.8) is 0 Å². The van der Waals surface area contributed by atoms with Crippen LogP contribution in [0.25, 0.3) is 0 Å². The summed E-state index contributed by atoms with van der Waals surface area (Å²) >= 11 is 0. The van der Waals surface area contributed by atoms with Gasteiger partial charge in [0.15, 0.2) is 0 Å². The maximum atomic E-state index is 6.47. The summed E-state index contributed by atoms with van der Waals surface area (Å²) in [5.74, 6) is 0. The lowest BCUT2D eigenvalue weighted by Gasteiger charge is -2.33. The molecule has 2 heterocycles. The van der Waals surface area contributed by atoms with E-state index in [2.05, 4.69) is 21.2 Å². The normalized spacial score (nSPS) is 28.3. The zero-order valence-electron chi connectivity index (χ0n) is 12.9. The predicted molar refractivity (Wildman–Crippen MR) is 82.0 cm³/mol. The molecule has 1 unspecified atom stereocenters. The van der Waals surface area contributed by atoms with Gasteiger partial charge in [0, 0.05) is 18.8 Å². The molecule has 3 fully saturated rings. The van der Waals surface area contributed by atoms with Crippen molar-refractivity contribution in [3.05, 3.63) is 18.0 Å². The van der Waals surface area contributed by atoms with Gasteiger partial charge in [-0.05, 0) is 44.6 Å². The minimum atomic E-state index is 0.225. The Kier molecular flexibility index (Phi) is 3.76.